The molecule has 4 heteroatoms. The van der Waals surface area contributed by atoms with E-state index >= 15 is 0 Å². The molecule has 1 saturated heterocycles. The monoisotopic (exact) mass is 275 g/mol. The van der Waals surface area contributed by atoms with E-state index in [9.17, 15) is 4.79 Å². The molecule has 1 heterocycles. The van der Waals surface area contributed by atoms with E-state index in [0.29, 0.717) is 11.6 Å². The zero-order chi connectivity index (χ0) is 14.5. The van der Waals surface area contributed by atoms with Crippen molar-refractivity contribution in [3.63, 3.8) is 0 Å². The van der Waals surface area contributed by atoms with Gasteiger partial charge in [-0.1, -0.05) is 13.0 Å². The van der Waals surface area contributed by atoms with Gasteiger partial charge < -0.3 is 16.0 Å². The Morgan fingerprint density at radius 2 is 2.10 bits per heavy atom. The Balaban J connectivity index is 1.96. The SMILES string of the molecule is CCNCC1CCN(C(=O)c2cc(N)ccc2C)CC1. The molecule has 4 nitrogen and oxygen atoms in total. The Hall–Kier alpha value is -1.55. The van der Waals surface area contributed by atoms with Crippen LogP contribution in [0.3, 0.4) is 0 Å². The number of hydrogen-bond acceptors (Lipinski definition) is 3. The number of aryl methyl sites for hydroxylation is 1. The number of nitrogens with two attached hydrogens (primary N) is 1. The Kier molecular flexibility index (Phi) is 5.01. The molecule has 3 N–H and O–H groups in total. The van der Waals surface area contributed by atoms with Gasteiger partial charge in [-0.15, -0.1) is 0 Å². The molecule has 0 unspecified atom stereocenters. The van der Waals surface area contributed by atoms with Crippen molar-refractivity contribution in [3.05, 3.63) is 29.3 Å². The Bertz CT molecular complexity index is 465. The molecule has 0 spiro atoms. The van der Waals surface area contributed by atoms with Crippen LogP contribution in [0, 0.1) is 12.8 Å². The largest absolute Gasteiger partial charge is 0.399 e. The van der Waals surface area contributed by atoms with Crippen LogP contribution in [-0.2, 0) is 0 Å². The van der Waals surface area contributed by atoms with Gasteiger partial charge in [0.15, 0.2) is 0 Å². The number of rotatable bonds is 4. The van der Waals surface area contributed by atoms with Crippen LogP contribution in [0.25, 0.3) is 0 Å². The number of carbonyl (C=O) groups excluding carboxylic acids is 1. The summed E-state index contributed by atoms with van der Waals surface area (Å²) in [5, 5.41) is 3.39. The number of carbonyl (C=O) groups is 1. The zero-order valence-corrected chi connectivity index (χ0v) is 12.5. The van der Waals surface area contributed by atoms with Crippen molar-refractivity contribution in [2.45, 2.75) is 26.7 Å². The van der Waals surface area contributed by atoms with Crippen LogP contribution in [0.1, 0.15) is 35.7 Å². The van der Waals surface area contributed by atoms with Crippen molar-refractivity contribution < 1.29 is 4.79 Å². The number of nitrogen functional groups attached to an aromatic ring is 1. The average Bonchev–Trinajstić information content (AvgIpc) is 2.47. The number of nitrogens with one attached hydrogen (secondary N) is 1. The van der Waals surface area contributed by atoms with Crippen LogP contribution in [0.2, 0.25) is 0 Å². The lowest BCUT2D eigenvalue weighted by atomic mass is 9.95. The predicted molar refractivity (Wildman–Crippen MR) is 82.8 cm³/mol. The summed E-state index contributed by atoms with van der Waals surface area (Å²) in [6.07, 6.45) is 2.17. The number of likely N-dealkylation sites (tertiary alicyclic amines) is 1. The molecule has 1 fully saturated rings. The van der Waals surface area contributed by atoms with Crippen molar-refractivity contribution in [3.8, 4) is 0 Å². The van der Waals surface area contributed by atoms with Crippen molar-refractivity contribution in [1.29, 1.82) is 0 Å². The fourth-order valence-electron chi connectivity index (χ4n) is 2.73. The summed E-state index contributed by atoms with van der Waals surface area (Å²) in [5.74, 6) is 0.817. The van der Waals surface area contributed by atoms with E-state index in [-0.39, 0.29) is 5.91 Å². The van der Waals surface area contributed by atoms with Crippen LogP contribution < -0.4 is 11.1 Å². The van der Waals surface area contributed by atoms with E-state index in [2.05, 4.69) is 12.2 Å². The standard InChI is InChI=1S/C16H25N3O/c1-3-18-11-13-6-8-19(9-7-13)16(20)15-10-14(17)5-4-12(15)2/h4-5,10,13,18H,3,6-9,11,17H2,1-2H3. The summed E-state index contributed by atoms with van der Waals surface area (Å²) < 4.78 is 0. The maximum atomic E-state index is 12.5. The van der Waals surface area contributed by atoms with E-state index in [1.54, 1.807) is 6.07 Å². The molecule has 0 aliphatic carbocycles. The minimum Gasteiger partial charge on any atom is -0.399 e. The predicted octanol–water partition coefficient (Wildman–Crippen LogP) is 2.04. The van der Waals surface area contributed by atoms with Gasteiger partial charge in [0, 0.05) is 24.3 Å². The molecule has 1 aromatic rings. The third-order valence-electron chi connectivity index (χ3n) is 4.08. The second kappa shape index (κ2) is 6.75. The molecule has 1 aliphatic heterocycles. The Morgan fingerprint density at radius 3 is 2.75 bits per heavy atom. The summed E-state index contributed by atoms with van der Waals surface area (Å²) in [6.45, 7) is 7.87. The molecule has 1 aromatic carbocycles. The molecular weight excluding hydrogens is 250 g/mol. The Morgan fingerprint density at radius 1 is 1.40 bits per heavy atom. The fourth-order valence-corrected chi connectivity index (χ4v) is 2.73. The van der Waals surface area contributed by atoms with E-state index in [1.165, 1.54) is 0 Å². The summed E-state index contributed by atoms with van der Waals surface area (Å²) >= 11 is 0. The lowest BCUT2D eigenvalue weighted by Crippen LogP contribution is -2.41. The van der Waals surface area contributed by atoms with Crippen LogP contribution in [-0.4, -0.2) is 37.0 Å². The molecule has 0 bridgehead atoms. The highest BCUT2D eigenvalue weighted by molar-refractivity contribution is 5.96. The number of amides is 1. The van der Waals surface area contributed by atoms with Crippen LogP contribution in [0.5, 0.6) is 0 Å². The van der Waals surface area contributed by atoms with E-state index in [0.717, 1.165) is 50.1 Å². The highest BCUT2D eigenvalue weighted by Gasteiger charge is 2.24. The maximum Gasteiger partial charge on any atom is 0.254 e. The van der Waals surface area contributed by atoms with Gasteiger partial charge in [0.2, 0.25) is 0 Å². The molecule has 0 atom stereocenters. The molecule has 20 heavy (non-hydrogen) atoms. The molecule has 1 amide bonds. The summed E-state index contributed by atoms with van der Waals surface area (Å²) in [6, 6.07) is 5.55. The van der Waals surface area contributed by atoms with Crippen LogP contribution in [0.4, 0.5) is 5.69 Å². The van der Waals surface area contributed by atoms with Gasteiger partial charge in [0.05, 0.1) is 0 Å². The lowest BCUT2D eigenvalue weighted by molar-refractivity contribution is 0.0689. The highest BCUT2D eigenvalue weighted by Crippen LogP contribution is 2.21. The topological polar surface area (TPSA) is 58.4 Å². The van der Waals surface area contributed by atoms with E-state index in [1.807, 2.05) is 24.0 Å². The quantitative estimate of drug-likeness (QED) is 0.827. The van der Waals surface area contributed by atoms with Gasteiger partial charge in [-0.2, -0.15) is 0 Å². The smallest absolute Gasteiger partial charge is 0.254 e. The van der Waals surface area contributed by atoms with Gasteiger partial charge in [-0.25, -0.2) is 0 Å². The highest BCUT2D eigenvalue weighted by atomic mass is 16.2. The summed E-state index contributed by atoms with van der Waals surface area (Å²) in [7, 11) is 0. The molecule has 1 aliphatic rings. The van der Waals surface area contributed by atoms with Crippen molar-refractivity contribution in [2.24, 2.45) is 5.92 Å². The molecule has 2 rings (SSSR count). The minimum absolute atomic E-state index is 0.122. The molecule has 0 radical (unpaired) electrons. The van der Waals surface area contributed by atoms with Gasteiger partial charge in [0.25, 0.3) is 5.91 Å². The fraction of sp³-hybridized carbons (Fsp3) is 0.562. The molecule has 110 valence electrons. The first-order chi connectivity index (χ1) is 9.61. The number of nitrogens with zero attached hydrogens (tertiary/aromatic N) is 1. The third-order valence-corrected chi connectivity index (χ3v) is 4.08. The molecule has 0 saturated carbocycles. The average molecular weight is 275 g/mol. The van der Waals surface area contributed by atoms with E-state index in [4.69, 9.17) is 5.73 Å². The second-order valence-corrected chi connectivity index (χ2v) is 5.62. The van der Waals surface area contributed by atoms with Crippen molar-refractivity contribution >= 4 is 11.6 Å². The Labute approximate surface area is 121 Å². The van der Waals surface area contributed by atoms with Crippen LogP contribution in [0.15, 0.2) is 18.2 Å². The first-order valence-electron chi connectivity index (χ1n) is 7.48. The number of benzene rings is 1. The first-order valence-corrected chi connectivity index (χ1v) is 7.48. The minimum atomic E-state index is 0.122. The zero-order valence-electron chi connectivity index (χ0n) is 12.5. The number of piperidine rings is 1. The first kappa shape index (κ1) is 14.9. The van der Waals surface area contributed by atoms with E-state index < -0.39 is 0 Å². The molecule has 0 aromatic heterocycles. The van der Waals surface area contributed by atoms with Crippen LogP contribution >= 0.6 is 0 Å². The normalized spacial score (nSPS) is 16.4. The summed E-state index contributed by atoms with van der Waals surface area (Å²) in [5.41, 5.74) is 8.19. The van der Waals surface area contributed by atoms with Crippen molar-refractivity contribution in [2.75, 3.05) is 31.9 Å². The van der Waals surface area contributed by atoms with Gasteiger partial charge in [-0.05, 0) is 56.5 Å². The number of anilines is 1. The summed E-state index contributed by atoms with van der Waals surface area (Å²) in [4.78, 5) is 14.5. The van der Waals surface area contributed by atoms with Gasteiger partial charge >= 0.3 is 0 Å². The second-order valence-electron chi connectivity index (χ2n) is 5.62. The maximum absolute atomic E-state index is 12.5. The lowest BCUT2D eigenvalue weighted by Gasteiger charge is -2.32. The van der Waals surface area contributed by atoms with Gasteiger partial charge in [0.1, 0.15) is 0 Å². The molecular formula is C16H25N3O. The van der Waals surface area contributed by atoms with Gasteiger partial charge in [-0.3, -0.25) is 4.79 Å². The number of hydrogen-bond donors (Lipinski definition) is 2. The third kappa shape index (κ3) is 3.51. The van der Waals surface area contributed by atoms with Crippen molar-refractivity contribution in [1.82, 2.24) is 10.2 Å².